The maximum atomic E-state index is 13.7. The molecule has 2 aromatic carbocycles. The first kappa shape index (κ1) is 43.3. The topological polar surface area (TPSA) is 200 Å². The van der Waals surface area contributed by atoms with E-state index >= 15 is 0 Å². The Bertz CT molecular complexity index is 1990. The van der Waals surface area contributed by atoms with E-state index in [2.05, 4.69) is 21.3 Å². The second kappa shape index (κ2) is 18.0. The Kier molecular flexibility index (Phi) is 13.9. The molecule has 2 aromatic rings. The number of β-lactam (4-membered cyclic amide) rings is 2. The Labute approximate surface area is 333 Å². The molecule has 0 saturated carbocycles. The van der Waals surface area contributed by atoms with E-state index in [1.165, 1.54) is 47.4 Å². The number of carbonyl (C=O) groups is 8. The molecule has 0 spiro atoms. The number of ether oxygens (including phenoxy) is 1. The summed E-state index contributed by atoms with van der Waals surface area (Å²) in [6.07, 6.45) is -0.769. The number of methoxy groups -OCH3 is 1. The summed E-state index contributed by atoms with van der Waals surface area (Å²) in [5, 5.41) is 9.53. The molecule has 298 valence electrons. The van der Waals surface area contributed by atoms with Crippen molar-refractivity contribution in [2.75, 3.05) is 18.6 Å². The van der Waals surface area contributed by atoms with Gasteiger partial charge in [-0.2, -0.15) is 0 Å². The number of Topliss-reactive ketones (excluding diaryl/α,β-unsaturated/α-hetero) is 1. The molecule has 4 unspecified atom stereocenters. The lowest BCUT2D eigenvalue weighted by molar-refractivity contribution is -0.152. The number of carbonyl (C=O) groups excluding carboxylic acids is 8. The van der Waals surface area contributed by atoms with Crippen molar-refractivity contribution >= 4 is 70.7 Å². The highest BCUT2D eigenvalue weighted by Gasteiger charge is 2.55. The highest BCUT2D eigenvalue weighted by atomic mass is 32.2. The summed E-state index contributed by atoms with van der Waals surface area (Å²) in [5.41, 5.74) is 2.68. The van der Waals surface area contributed by atoms with Gasteiger partial charge in [-0.25, -0.2) is 4.79 Å². The van der Waals surface area contributed by atoms with Crippen LogP contribution in [0.2, 0.25) is 0 Å². The van der Waals surface area contributed by atoms with Crippen molar-refractivity contribution in [3.63, 3.8) is 0 Å². The highest BCUT2D eigenvalue weighted by molar-refractivity contribution is 8.00. The second-order valence-electron chi connectivity index (χ2n) is 13.1. The summed E-state index contributed by atoms with van der Waals surface area (Å²) in [5.74, 6) is -3.98. The van der Waals surface area contributed by atoms with Gasteiger partial charge < -0.3 is 26.0 Å². The number of hydrogen-bond acceptors (Lipinski definition) is 11. The lowest BCUT2D eigenvalue weighted by Crippen LogP contribution is -2.71. The van der Waals surface area contributed by atoms with Gasteiger partial charge in [-0.05, 0) is 36.1 Å². The lowest BCUT2D eigenvalue weighted by Gasteiger charge is -2.50. The number of hydrogen-bond donors (Lipinski definition) is 4. The van der Waals surface area contributed by atoms with Crippen LogP contribution < -0.4 is 21.3 Å². The maximum Gasteiger partial charge on any atom is 0.354 e. The molecule has 6 amide bonds. The number of allylic oxidation sites excluding steroid dienone is 1. The molecule has 56 heavy (non-hydrogen) atoms. The average molecular weight is 807 g/mol. The summed E-state index contributed by atoms with van der Waals surface area (Å²) < 4.78 is 4.86. The minimum absolute atomic E-state index is 0. The smallest absolute Gasteiger partial charge is 0.354 e. The van der Waals surface area contributed by atoms with Crippen LogP contribution in [0.15, 0.2) is 83.2 Å². The summed E-state index contributed by atoms with van der Waals surface area (Å²) in [7, 11) is 1.22. The van der Waals surface area contributed by atoms with E-state index < -0.39 is 82.7 Å². The Morgan fingerprint density at radius 1 is 0.696 bits per heavy atom. The van der Waals surface area contributed by atoms with Crippen molar-refractivity contribution in [1.29, 1.82) is 0 Å². The van der Waals surface area contributed by atoms with Gasteiger partial charge in [0.05, 0.1) is 12.8 Å². The van der Waals surface area contributed by atoms with E-state index in [-0.39, 0.29) is 26.3 Å². The zero-order valence-electron chi connectivity index (χ0n) is 29.7. The molecular weight excluding hydrogens is 761 g/mol. The van der Waals surface area contributed by atoms with Crippen LogP contribution in [0, 0.1) is 0 Å². The Morgan fingerprint density at radius 3 is 1.48 bits per heavy atom. The van der Waals surface area contributed by atoms with Gasteiger partial charge in [0, 0.05) is 18.4 Å². The van der Waals surface area contributed by atoms with Gasteiger partial charge in [0.25, 0.3) is 11.8 Å². The average Bonchev–Trinajstić information content (AvgIpc) is 3.16. The van der Waals surface area contributed by atoms with E-state index in [9.17, 15) is 38.4 Å². The molecule has 6 rings (SSSR count). The number of ketones is 1. The number of nitrogens with zero attached hydrogens (tertiary/aromatic N) is 2. The normalized spacial score (nSPS) is 21.9. The van der Waals surface area contributed by atoms with Gasteiger partial charge in [0.2, 0.25) is 23.6 Å². The number of fused-ring (bicyclic) bond motifs is 2. The van der Waals surface area contributed by atoms with Crippen molar-refractivity contribution < 1.29 is 43.1 Å². The zero-order valence-corrected chi connectivity index (χ0v) is 31.4. The molecule has 4 aliphatic heterocycles. The van der Waals surface area contributed by atoms with Crippen LogP contribution in [-0.4, -0.2) is 98.4 Å². The molecule has 0 aromatic heterocycles. The molecule has 4 N–H and O–H groups in total. The molecule has 4 heterocycles. The number of rotatable bonds is 12. The van der Waals surface area contributed by atoms with Gasteiger partial charge >= 0.3 is 5.97 Å². The Hall–Kier alpha value is -5.42. The van der Waals surface area contributed by atoms with Crippen LogP contribution >= 0.6 is 23.5 Å². The van der Waals surface area contributed by atoms with E-state index in [0.29, 0.717) is 33.9 Å². The number of thioether (sulfide) groups is 2. The number of nitrogens with one attached hydrogen (secondary N) is 4. The number of amides is 6. The largest absolute Gasteiger partial charge is 0.464 e. The Balaban J connectivity index is 0.00000348. The fraction of sp³-hybridized carbons (Fsp3) is 0.385. The van der Waals surface area contributed by atoms with Gasteiger partial charge in [0.15, 0.2) is 5.78 Å². The van der Waals surface area contributed by atoms with Crippen LogP contribution in [0.25, 0.3) is 0 Å². The first-order valence-electron chi connectivity index (χ1n) is 17.0. The van der Waals surface area contributed by atoms with Crippen LogP contribution in [0.4, 0.5) is 0 Å². The molecule has 17 heteroatoms. The SMILES string of the molecule is C.C.COC(=O)C1=C(C)CSC2C(NC(=O)[C@@H](NC(=O)CC(=O)N[C@@H](C(=O)NC3C(=O)N4C(C(C)=O)=C(C)CSC34)c3ccccc3)c3ccccc3)C(=O)N12. The minimum Gasteiger partial charge on any atom is -0.464 e. The van der Waals surface area contributed by atoms with Crippen molar-refractivity contribution in [1.82, 2.24) is 31.1 Å². The molecular formula is C39H46N6O9S2. The van der Waals surface area contributed by atoms with Crippen molar-refractivity contribution in [3.8, 4) is 0 Å². The van der Waals surface area contributed by atoms with E-state index in [4.69, 9.17) is 4.74 Å². The zero-order chi connectivity index (χ0) is 38.8. The Morgan fingerprint density at radius 2 is 1.09 bits per heavy atom. The standard InChI is InChI=1S/C37H38N6O9S2.2CH4/c1-18-16-53-35-27(33(49)42(35)29(18)20(3)44)40-31(47)25(21-11-7-5-8-12-21)38-23(45)15-24(46)39-26(22-13-9-6-10-14-22)32(48)41-28-34(50)43-30(37(51)52-4)19(2)17-54-36(28)43;;/h5-14,25-28,35-36H,15-17H2,1-4H3,(H,38,45)(H,39,46)(H,40,47)(H,41,48);2*1H4/t25-,26+,27?,28?,35?,36?;;/m1../s1. The highest BCUT2D eigenvalue weighted by Crippen LogP contribution is 2.42. The number of esters is 1. The fourth-order valence-corrected chi connectivity index (χ4v) is 9.34. The molecule has 4 aliphatic rings. The maximum absolute atomic E-state index is 13.7. The summed E-state index contributed by atoms with van der Waals surface area (Å²) >= 11 is 2.78. The third kappa shape index (κ3) is 8.38. The van der Waals surface area contributed by atoms with E-state index in [1.54, 1.807) is 74.5 Å². The van der Waals surface area contributed by atoms with Gasteiger partial charge in [-0.3, -0.25) is 43.4 Å². The monoisotopic (exact) mass is 806 g/mol. The van der Waals surface area contributed by atoms with Crippen LogP contribution in [0.5, 0.6) is 0 Å². The second-order valence-corrected chi connectivity index (χ2v) is 15.3. The number of benzene rings is 2. The molecule has 2 fully saturated rings. The van der Waals surface area contributed by atoms with Crippen LogP contribution in [-0.2, 0) is 43.1 Å². The molecule has 15 nitrogen and oxygen atoms in total. The van der Waals surface area contributed by atoms with Gasteiger partial charge in [0.1, 0.15) is 47.0 Å². The van der Waals surface area contributed by atoms with Crippen LogP contribution in [0.3, 0.4) is 0 Å². The van der Waals surface area contributed by atoms with Crippen LogP contribution in [0.1, 0.15) is 65.3 Å². The van der Waals surface area contributed by atoms with Crippen molar-refractivity contribution in [2.45, 2.75) is 77.0 Å². The molecule has 0 aliphatic carbocycles. The molecule has 2 saturated heterocycles. The predicted octanol–water partition coefficient (Wildman–Crippen LogP) is 2.47. The first-order valence-corrected chi connectivity index (χ1v) is 19.1. The van der Waals surface area contributed by atoms with Gasteiger partial charge in [-0.1, -0.05) is 75.5 Å². The minimum atomic E-state index is -1.30. The fourth-order valence-electron chi connectivity index (χ4n) is 6.75. The predicted molar refractivity (Wildman–Crippen MR) is 211 cm³/mol. The van der Waals surface area contributed by atoms with Gasteiger partial charge in [-0.15, -0.1) is 23.5 Å². The summed E-state index contributed by atoms with van der Waals surface area (Å²) in [6.45, 7) is 4.89. The molecule has 0 bridgehead atoms. The summed E-state index contributed by atoms with van der Waals surface area (Å²) in [4.78, 5) is 108. The van der Waals surface area contributed by atoms with Crippen molar-refractivity contribution in [3.05, 3.63) is 94.3 Å². The molecule has 0 radical (unpaired) electrons. The quantitative estimate of drug-likeness (QED) is 0.140. The lowest BCUT2D eigenvalue weighted by atomic mass is 10.00. The molecule has 6 atom stereocenters. The first-order chi connectivity index (χ1) is 25.8. The van der Waals surface area contributed by atoms with E-state index in [1.807, 2.05) is 0 Å². The van der Waals surface area contributed by atoms with Crippen molar-refractivity contribution in [2.24, 2.45) is 0 Å². The summed E-state index contributed by atoms with van der Waals surface area (Å²) in [6, 6.07) is 12.1. The third-order valence-corrected chi connectivity index (χ3v) is 12.2. The van der Waals surface area contributed by atoms with E-state index in [0.717, 1.165) is 5.57 Å². The third-order valence-electron chi connectivity index (χ3n) is 9.35.